The lowest BCUT2D eigenvalue weighted by molar-refractivity contribution is -0.375. The number of fused-ring (bicyclic) bond motifs is 1. The van der Waals surface area contributed by atoms with E-state index in [0.717, 1.165) is 6.07 Å². The monoisotopic (exact) mass is 301 g/mol. The molecule has 0 spiro atoms. The van der Waals surface area contributed by atoms with Crippen molar-refractivity contribution < 1.29 is 28.1 Å². The van der Waals surface area contributed by atoms with E-state index in [2.05, 4.69) is 4.74 Å². The minimum absolute atomic E-state index is 0.0308. The topological polar surface area (TPSA) is 75.7 Å². The lowest BCUT2D eigenvalue weighted by Gasteiger charge is -2.19. The van der Waals surface area contributed by atoms with Gasteiger partial charge in [-0.2, -0.15) is 4.39 Å². The van der Waals surface area contributed by atoms with Crippen LogP contribution in [-0.2, 0) is 0 Å². The van der Waals surface area contributed by atoms with Gasteiger partial charge in [0.25, 0.3) is 0 Å². The maximum Gasteiger partial charge on any atom is 0.492 e. The molecule has 0 aromatic heterocycles. The summed E-state index contributed by atoms with van der Waals surface area (Å²) in [5.74, 6) is -3.92. The highest BCUT2D eigenvalue weighted by molar-refractivity contribution is 5.94. The van der Waals surface area contributed by atoms with E-state index in [1.165, 1.54) is 12.1 Å². The fourth-order valence-corrected chi connectivity index (χ4v) is 2.19. The first kappa shape index (κ1) is 15.4. The molecule has 0 atom stereocenters. The number of anilines is 1. The summed E-state index contributed by atoms with van der Waals surface area (Å²) < 4.78 is 44.5. The molecule has 4 nitrogen and oxygen atoms in total. The Balaban J connectivity index is 2.89. The zero-order chi connectivity index (χ0) is 15.9. The van der Waals surface area contributed by atoms with Crippen molar-refractivity contribution in [1.29, 1.82) is 0 Å². The highest BCUT2D eigenvalue weighted by atomic mass is 19.2. The van der Waals surface area contributed by atoms with Crippen LogP contribution in [0.2, 0.25) is 0 Å². The van der Waals surface area contributed by atoms with E-state index < -0.39 is 23.6 Å². The summed E-state index contributed by atoms with van der Waals surface area (Å²) in [6.45, 7) is 3.53. The van der Waals surface area contributed by atoms with Crippen LogP contribution in [-0.4, -0.2) is 16.4 Å². The van der Waals surface area contributed by atoms with Gasteiger partial charge in [-0.25, -0.2) is 4.39 Å². The van der Waals surface area contributed by atoms with Crippen molar-refractivity contribution in [2.24, 2.45) is 0 Å². The predicted molar refractivity (Wildman–Crippen MR) is 71.3 cm³/mol. The second-order valence-corrected chi connectivity index (χ2v) is 5.00. The Morgan fingerprint density at radius 2 is 1.81 bits per heavy atom. The summed E-state index contributed by atoms with van der Waals surface area (Å²) in [5, 5.41) is 17.6. The van der Waals surface area contributed by atoms with Gasteiger partial charge in [-0.15, -0.1) is 4.39 Å². The van der Waals surface area contributed by atoms with Gasteiger partial charge >= 0.3 is 6.23 Å². The van der Waals surface area contributed by atoms with Gasteiger partial charge in [-0.3, -0.25) is 0 Å². The van der Waals surface area contributed by atoms with Gasteiger partial charge in [0, 0.05) is 11.1 Å². The average molecular weight is 301 g/mol. The second-order valence-electron chi connectivity index (χ2n) is 5.00. The number of aliphatic hydroxyl groups is 2. The third-order valence-corrected chi connectivity index (χ3v) is 2.99. The van der Waals surface area contributed by atoms with E-state index in [-0.39, 0.29) is 16.7 Å². The van der Waals surface area contributed by atoms with Crippen molar-refractivity contribution in [2.45, 2.75) is 26.0 Å². The first-order chi connectivity index (χ1) is 9.60. The highest BCUT2D eigenvalue weighted by Gasteiger charge is 2.30. The zero-order valence-corrected chi connectivity index (χ0v) is 11.3. The van der Waals surface area contributed by atoms with Crippen LogP contribution in [0.1, 0.15) is 25.3 Å². The Labute approximate surface area is 118 Å². The molecule has 7 heteroatoms. The Kier molecular flexibility index (Phi) is 3.73. The normalized spacial score (nSPS) is 12.2. The minimum Gasteiger partial charge on any atom is -0.409 e. The maximum atomic E-state index is 13.9. The highest BCUT2D eigenvalue weighted by Crippen LogP contribution is 2.39. The summed E-state index contributed by atoms with van der Waals surface area (Å²) in [6.07, 6.45) is -4.13. The fraction of sp³-hybridized carbons (Fsp3) is 0.286. The molecule has 0 saturated carbocycles. The van der Waals surface area contributed by atoms with Crippen LogP contribution in [0, 0.1) is 11.6 Å². The molecule has 114 valence electrons. The number of hydrogen-bond donors (Lipinski definition) is 3. The van der Waals surface area contributed by atoms with Crippen LogP contribution in [0.15, 0.2) is 18.2 Å². The van der Waals surface area contributed by atoms with Crippen molar-refractivity contribution in [3.05, 3.63) is 35.4 Å². The van der Waals surface area contributed by atoms with E-state index in [1.54, 1.807) is 13.8 Å². The van der Waals surface area contributed by atoms with Crippen LogP contribution in [0.4, 0.5) is 18.9 Å². The average Bonchev–Trinajstić information content (AvgIpc) is 2.32. The molecule has 0 aliphatic heterocycles. The van der Waals surface area contributed by atoms with Gasteiger partial charge in [-0.1, -0.05) is 13.8 Å². The molecule has 2 rings (SSSR count). The molecule has 0 aliphatic carbocycles. The van der Waals surface area contributed by atoms with Crippen LogP contribution in [0.3, 0.4) is 0 Å². The largest absolute Gasteiger partial charge is 0.492 e. The SMILES string of the molecule is CC(C)c1cc(N)cc2cc(F)c(F)c(OC(O)(O)F)c12. The summed E-state index contributed by atoms with van der Waals surface area (Å²) in [7, 11) is 0. The summed E-state index contributed by atoms with van der Waals surface area (Å²) in [4.78, 5) is 0. The molecular formula is C14H14F3NO3. The third-order valence-electron chi connectivity index (χ3n) is 2.99. The van der Waals surface area contributed by atoms with E-state index >= 15 is 0 Å². The molecule has 0 unspecified atom stereocenters. The fourth-order valence-electron chi connectivity index (χ4n) is 2.19. The first-order valence-electron chi connectivity index (χ1n) is 6.14. The van der Waals surface area contributed by atoms with E-state index in [0.29, 0.717) is 11.3 Å². The zero-order valence-electron chi connectivity index (χ0n) is 11.3. The lowest BCUT2D eigenvalue weighted by atomic mass is 9.94. The molecule has 2 aromatic rings. The van der Waals surface area contributed by atoms with Crippen molar-refractivity contribution in [1.82, 2.24) is 0 Å². The van der Waals surface area contributed by atoms with Crippen LogP contribution in [0.5, 0.6) is 5.75 Å². The number of nitrogen functional groups attached to an aromatic ring is 1. The van der Waals surface area contributed by atoms with Gasteiger partial charge in [-0.05, 0) is 35.1 Å². The maximum absolute atomic E-state index is 13.9. The first-order valence-corrected chi connectivity index (χ1v) is 6.14. The van der Waals surface area contributed by atoms with Gasteiger partial charge in [0.15, 0.2) is 11.6 Å². The van der Waals surface area contributed by atoms with Gasteiger partial charge in [0.2, 0.25) is 5.82 Å². The van der Waals surface area contributed by atoms with Crippen molar-refractivity contribution in [3.8, 4) is 5.75 Å². The quantitative estimate of drug-likeness (QED) is 0.602. The number of alkyl halides is 1. The molecule has 0 saturated heterocycles. The predicted octanol–water partition coefficient (Wildman–Crippen LogP) is 2.77. The molecular weight excluding hydrogens is 287 g/mol. The number of halogens is 3. The summed E-state index contributed by atoms with van der Waals surface area (Å²) in [5.41, 5.74) is 6.47. The molecule has 0 heterocycles. The van der Waals surface area contributed by atoms with Crippen LogP contribution in [0.25, 0.3) is 10.8 Å². The van der Waals surface area contributed by atoms with E-state index in [9.17, 15) is 13.2 Å². The Bertz CT molecular complexity index is 696. The van der Waals surface area contributed by atoms with Crippen LogP contribution >= 0.6 is 0 Å². The number of rotatable bonds is 3. The molecule has 21 heavy (non-hydrogen) atoms. The Morgan fingerprint density at radius 1 is 1.19 bits per heavy atom. The number of nitrogens with two attached hydrogens (primary N) is 1. The molecule has 0 bridgehead atoms. The number of ether oxygens (including phenoxy) is 1. The molecule has 2 aromatic carbocycles. The molecule has 0 amide bonds. The molecule has 0 aliphatic rings. The lowest BCUT2D eigenvalue weighted by Crippen LogP contribution is -2.29. The Morgan fingerprint density at radius 3 is 2.33 bits per heavy atom. The Hall–Kier alpha value is -1.99. The van der Waals surface area contributed by atoms with E-state index in [4.69, 9.17) is 15.9 Å². The van der Waals surface area contributed by atoms with Gasteiger partial charge in [0.1, 0.15) is 0 Å². The summed E-state index contributed by atoms with van der Waals surface area (Å²) in [6, 6.07) is 3.74. The van der Waals surface area contributed by atoms with Crippen LogP contribution < -0.4 is 10.5 Å². The number of benzene rings is 2. The van der Waals surface area contributed by atoms with Crippen molar-refractivity contribution in [2.75, 3.05) is 5.73 Å². The minimum atomic E-state index is -4.13. The molecule has 0 radical (unpaired) electrons. The van der Waals surface area contributed by atoms with E-state index in [1.807, 2.05) is 0 Å². The number of hydrogen-bond acceptors (Lipinski definition) is 4. The standard InChI is InChI=1S/C14H14F3NO3/c1-6(2)9-5-8(18)3-7-4-10(15)12(16)13(11(7)9)21-14(17,19)20/h3-6,19-20H,18H2,1-2H3. The molecule has 0 fully saturated rings. The van der Waals surface area contributed by atoms with Gasteiger partial charge in [0.05, 0.1) is 0 Å². The smallest absolute Gasteiger partial charge is 0.409 e. The third kappa shape index (κ3) is 3.03. The second kappa shape index (κ2) is 5.09. The molecule has 4 N–H and O–H groups in total. The van der Waals surface area contributed by atoms with Gasteiger partial charge < -0.3 is 20.7 Å². The van der Waals surface area contributed by atoms with Crippen molar-refractivity contribution >= 4 is 16.5 Å². The summed E-state index contributed by atoms with van der Waals surface area (Å²) >= 11 is 0. The van der Waals surface area contributed by atoms with Crippen molar-refractivity contribution in [3.63, 3.8) is 0 Å².